The summed E-state index contributed by atoms with van der Waals surface area (Å²) in [6.45, 7) is 0. The Morgan fingerprint density at radius 3 is 2.57 bits per heavy atom. The summed E-state index contributed by atoms with van der Waals surface area (Å²) in [4.78, 5) is 23.1. The molecular weight excluding hydrogens is 290 g/mol. The van der Waals surface area contributed by atoms with Crippen LogP contribution in [0.3, 0.4) is 0 Å². The van der Waals surface area contributed by atoms with Gasteiger partial charge < -0.3 is 15.2 Å². The molecular formula is C15H15NO4S. The van der Waals surface area contributed by atoms with E-state index in [4.69, 9.17) is 9.84 Å². The van der Waals surface area contributed by atoms with Gasteiger partial charge in [0.2, 0.25) is 0 Å². The first-order valence-electron chi connectivity index (χ1n) is 6.33. The Kier molecular flexibility index (Phi) is 4.94. The van der Waals surface area contributed by atoms with Gasteiger partial charge in [-0.1, -0.05) is 12.1 Å². The molecule has 0 aliphatic rings. The van der Waals surface area contributed by atoms with Crippen molar-refractivity contribution < 1.29 is 19.4 Å². The number of hydrogen-bond donors (Lipinski definition) is 2. The first-order chi connectivity index (χ1) is 10.1. The van der Waals surface area contributed by atoms with E-state index in [1.807, 2.05) is 12.1 Å². The fraction of sp³-hybridized carbons (Fsp3) is 0.200. The molecule has 6 heteroatoms. The molecule has 0 unspecified atom stereocenters. The van der Waals surface area contributed by atoms with Crippen molar-refractivity contribution in [3.63, 3.8) is 0 Å². The second-order valence-corrected chi connectivity index (χ2v) is 5.31. The van der Waals surface area contributed by atoms with Gasteiger partial charge in [0.1, 0.15) is 5.75 Å². The van der Waals surface area contributed by atoms with Gasteiger partial charge in [0.05, 0.1) is 12.0 Å². The average molecular weight is 305 g/mol. The van der Waals surface area contributed by atoms with Crippen LogP contribution in [0.1, 0.15) is 21.7 Å². The number of amides is 1. The highest BCUT2D eigenvalue weighted by Crippen LogP contribution is 2.22. The SMILES string of the molecule is COc1csc(C(=O)Nc2ccc(CCC(=O)O)cc2)c1. The van der Waals surface area contributed by atoms with Crippen LogP contribution in [0.2, 0.25) is 0 Å². The molecule has 0 spiro atoms. The number of hydrogen-bond acceptors (Lipinski definition) is 4. The summed E-state index contributed by atoms with van der Waals surface area (Å²) in [6, 6.07) is 8.84. The fourth-order valence-corrected chi connectivity index (χ4v) is 2.49. The number of rotatable bonds is 6. The second kappa shape index (κ2) is 6.90. The number of carbonyl (C=O) groups excluding carboxylic acids is 1. The summed E-state index contributed by atoms with van der Waals surface area (Å²) in [5.41, 5.74) is 1.60. The van der Waals surface area contributed by atoms with Crippen LogP contribution in [0, 0.1) is 0 Å². The van der Waals surface area contributed by atoms with Crippen LogP contribution >= 0.6 is 11.3 Å². The normalized spacial score (nSPS) is 10.1. The van der Waals surface area contributed by atoms with Gasteiger partial charge in [-0.2, -0.15) is 0 Å². The number of carboxylic acid groups (broad SMARTS) is 1. The standard InChI is InChI=1S/C15H15NO4S/c1-20-12-8-13(21-9-12)15(19)16-11-5-2-10(3-6-11)4-7-14(17)18/h2-3,5-6,8-9H,4,7H2,1H3,(H,16,19)(H,17,18). The molecule has 110 valence electrons. The lowest BCUT2D eigenvalue weighted by Crippen LogP contribution is -2.10. The first kappa shape index (κ1) is 15.1. The molecule has 1 heterocycles. The van der Waals surface area contributed by atoms with Crippen molar-refractivity contribution in [3.05, 3.63) is 46.2 Å². The molecule has 2 N–H and O–H groups in total. The van der Waals surface area contributed by atoms with E-state index < -0.39 is 5.97 Å². The van der Waals surface area contributed by atoms with Crippen LogP contribution in [0.15, 0.2) is 35.7 Å². The number of ether oxygens (including phenoxy) is 1. The van der Waals surface area contributed by atoms with Crippen molar-refractivity contribution in [2.45, 2.75) is 12.8 Å². The lowest BCUT2D eigenvalue weighted by atomic mass is 10.1. The van der Waals surface area contributed by atoms with E-state index >= 15 is 0 Å². The van der Waals surface area contributed by atoms with Crippen molar-refractivity contribution in [1.82, 2.24) is 0 Å². The summed E-state index contributed by atoms with van der Waals surface area (Å²) in [6.07, 6.45) is 0.576. The molecule has 0 saturated heterocycles. The quantitative estimate of drug-likeness (QED) is 0.860. The summed E-state index contributed by atoms with van der Waals surface area (Å²) in [7, 11) is 1.56. The zero-order valence-corrected chi connectivity index (χ0v) is 12.3. The van der Waals surface area contributed by atoms with E-state index in [0.717, 1.165) is 5.56 Å². The predicted octanol–water partition coefficient (Wildman–Crippen LogP) is 3.03. The number of anilines is 1. The molecule has 5 nitrogen and oxygen atoms in total. The van der Waals surface area contributed by atoms with Crippen LogP contribution in [0.25, 0.3) is 0 Å². The van der Waals surface area contributed by atoms with Gasteiger partial charge in [-0.25, -0.2) is 0 Å². The lowest BCUT2D eigenvalue weighted by Gasteiger charge is -2.05. The van der Waals surface area contributed by atoms with E-state index in [0.29, 0.717) is 22.7 Å². The number of carbonyl (C=O) groups is 2. The summed E-state index contributed by atoms with van der Waals surface area (Å²) in [5, 5.41) is 13.2. The third-order valence-corrected chi connectivity index (χ3v) is 3.78. The second-order valence-electron chi connectivity index (χ2n) is 4.40. The van der Waals surface area contributed by atoms with Crippen molar-refractivity contribution >= 4 is 28.9 Å². The van der Waals surface area contributed by atoms with E-state index in [9.17, 15) is 9.59 Å². The lowest BCUT2D eigenvalue weighted by molar-refractivity contribution is -0.136. The summed E-state index contributed by atoms with van der Waals surface area (Å²) >= 11 is 1.31. The molecule has 2 aromatic rings. The number of nitrogens with one attached hydrogen (secondary N) is 1. The van der Waals surface area contributed by atoms with Gasteiger partial charge in [-0.15, -0.1) is 11.3 Å². The van der Waals surface area contributed by atoms with Gasteiger partial charge in [-0.05, 0) is 24.1 Å². The minimum Gasteiger partial charge on any atom is -0.496 e. The van der Waals surface area contributed by atoms with Crippen LogP contribution in [-0.2, 0) is 11.2 Å². The Hall–Kier alpha value is -2.34. The zero-order valence-electron chi connectivity index (χ0n) is 11.5. The Balaban J connectivity index is 1.96. The van der Waals surface area contributed by atoms with Crippen LogP contribution in [-0.4, -0.2) is 24.1 Å². The smallest absolute Gasteiger partial charge is 0.303 e. The Morgan fingerprint density at radius 2 is 2.00 bits per heavy atom. The average Bonchev–Trinajstić information content (AvgIpc) is 2.95. The van der Waals surface area contributed by atoms with Gasteiger partial charge in [-0.3, -0.25) is 9.59 Å². The molecule has 2 rings (SSSR count). The maximum Gasteiger partial charge on any atom is 0.303 e. The number of benzene rings is 1. The largest absolute Gasteiger partial charge is 0.496 e. The molecule has 1 aromatic carbocycles. The fourth-order valence-electron chi connectivity index (χ4n) is 1.74. The summed E-state index contributed by atoms with van der Waals surface area (Å²) < 4.78 is 5.04. The van der Waals surface area contributed by atoms with Crippen molar-refractivity contribution in [2.24, 2.45) is 0 Å². The van der Waals surface area contributed by atoms with Gasteiger partial charge >= 0.3 is 5.97 Å². The molecule has 0 saturated carbocycles. The topological polar surface area (TPSA) is 75.6 Å². The Morgan fingerprint density at radius 1 is 1.29 bits per heavy atom. The van der Waals surface area contributed by atoms with E-state index in [-0.39, 0.29) is 12.3 Å². The third-order valence-electron chi connectivity index (χ3n) is 2.87. The van der Waals surface area contributed by atoms with E-state index in [1.54, 1.807) is 30.7 Å². The highest BCUT2D eigenvalue weighted by molar-refractivity contribution is 7.12. The molecule has 0 fully saturated rings. The predicted molar refractivity (Wildman–Crippen MR) is 81.2 cm³/mol. The Bertz CT molecular complexity index is 633. The zero-order chi connectivity index (χ0) is 15.2. The highest BCUT2D eigenvalue weighted by Gasteiger charge is 2.09. The Labute approximate surface area is 126 Å². The molecule has 0 bridgehead atoms. The van der Waals surface area contributed by atoms with Gasteiger partial charge in [0, 0.05) is 23.6 Å². The molecule has 21 heavy (non-hydrogen) atoms. The number of methoxy groups -OCH3 is 1. The van der Waals surface area contributed by atoms with Crippen molar-refractivity contribution in [3.8, 4) is 5.75 Å². The van der Waals surface area contributed by atoms with Crippen LogP contribution in [0.4, 0.5) is 5.69 Å². The highest BCUT2D eigenvalue weighted by atomic mass is 32.1. The maximum absolute atomic E-state index is 12.0. The molecule has 0 atom stereocenters. The number of carboxylic acids is 1. The van der Waals surface area contributed by atoms with Crippen LogP contribution in [0.5, 0.6) is 5.75 Å². The molecule has 0 aliphatic carbocycles. The number of aryl methyl sites for hydroxylation is 1. The minimum atomic E-state index is -0.820. The van der Waals surface area contributed by atoms with E-state index in [1.165, 1.54) is 11.3 Å². The molecule has 1 amide bonds. The third kappa shape index (κ3) is 4.32. The molecule has 0 radical (unpaired) electrons. The van der Waals surface area contributed by atoms with Gasteiger partial charge in [0.15, 0.2) is 0 Å². The molecule has 1 aromatic heterocycles. The number of thiophene rings is 1. The number of aliphatic carboxylic acids is 1. The monoisotopic (exact) mass is 305 g/mol. The molecule has 0 aliphatic heterocycles. The van der Waals surface area contributed by atoms with Gasteiger partial charge in [0.25, 0.3) is 5.91 Å². The first-order valence-corrected chi connectivity index (χ1v) is 7.21. The van der Waals surface area contributed by atoms with Crippen LogP contribution < -0.4 is 10.1 Å². The summed E-state index contributed by atoms with van der Waals surface area (Å²) in [5.74, 6) is -0.352. The van der Waals surface area contributed by atoms with Crippen molar-refractivity contribution in [1.29, 1.82) is 0 Å². The minimum absolute atomic E-state index is 0.0979. The van der Waals surface area contributed by atoms with Crippen molar-refractivity contribution in [2.75, 3.05) is 12.4 Å². The maximum atomic E-state index is 12.0. The van der Waals surface area contributed by atoms with E-state index in [2.05, 4.69) is 5.32 Å².